The highest BCUT2D eigenvalue weighted by molar-refractivity contribution is 5.04. The van der Waals surface area contributed by atoms with Crippen molar-refractivity contribution in [2.45, 2.75) is 51.5 Å². The number of aryl methyl sites for hydroxylation is 1. The summed E-state index contributed by atoms with van der Waals surface area (Å²) in [5.41, 5.74) is 2.08. The Bertz CT molecular complexity index is 380. The fourth-order valence-corrected chi connectivity index (χ4v) is 3.80. The molecule has 18 heavy (non-hydrogen) atoms. The van der Waals surface area contributed by atoms with Gasteiger partial charge >= 0.3 is 0 Å². The molecule has 0 bridgehead atoms. The van der Waals surface area contributed by atoms with Gasteiger partial charge in [-0.05, 0) is 44.2 Å². The number of aromatic nitrogens is 2. The Hall–Kier alpha value is -0.830. The van der Waals surface area contributed by atoms with Crippen LogP contribution in [0.5, 0.6) is 0 Å². The first-order valence-corrected chi connectivity index (χ1v) is 7.46. The van der Waals surface area contributed by atoms with Crippen LogP contribution in [0.1, 0.15) is 50.5 Å². The molecule has 3 nitrogen and oxygen atoms in total. The maximum atomic E-state index is 4.26. The molecule has 0 unspecified atom stereocenters. The van der Waals surface area contributed by atoms with E-state index in [1.807, 2.05) is 17.9 Å². The summed E-state index contributed by atoms with van der Waals surface area (Å²) in [6, 6.07) is 0. The molecule has 0 N–H and O–H groups in total. The van der Waals surface area contributed by atoms with Crippen LogP contribution in [-0.2, 0) is 13.6 Å². The van der Waals surface area contributed by atoms with E-state index < -0.39 is 0 Å². The van der Waals surface area contributed by atoms with Gasteiger partial charge in [-0.3, -0.25) is 9.58 Å². The van der Waals surface area contributed by atoms with Crippen molar-refractivity contribution in [3.8, 4) is 0 Å². The van der Waals surface area contributed by atoms with Crippen LogP contribution in [0.3, 0.4) is 0 Å². The summed E-state index contributed by atoms with van der Waals surface area (Å²) in [6.45, 7) is 3.66. The topological polar surface area (TPSA) is 21.1 Å². The zero-order chi connectivity index (χ0) is 12.4. The molecule has 1 aliphatic heterocycles. The molecule has 2 heterocycles. The summed E-state index contributed by atoms with van der Waals surface area (Å²) in [6.07, 6.45) is 14.4. The molecular weight excluding hydrogens is 222 g/mol. The molecule has 1 aromatic heterocycles. The van der Waals surface area contributed by atoms with Gasteiger partial charge in [0.15, 0.2) is 0 Å². The van der Waals surface area contributed by atoms with Gasteiger partial charge in [-0.1, -0.05) is 19.3 Å². The highest BCUT2D eigenvalue weighted by Gasteiger charge is 2.35. The van der Waals surface area contributed by atoms with E-state index in [2.05, 4.69) is 16.2 Å². The molecule has 2 aliphatic rings. The summed E-state index contributed by atoms with van der Waals surface area (Å²) in [7, 11) is 2.00. The number of hydrogen-bond acceptors (Lipinski definition) is 2. The van der Waals surface area contributed by atoms with Crippen molar-refractivity contribution < 1.29 is 0 Å². The Kier molecular flexibility index (Phi) is 3.42. The van der Waals surface area contributed by atoms with Crippen molar-refractivity contribution in [3.63, 3.8) is 0 Å². The van der Waals surface area contributed by atoms with Gasteiger partial charge in [0.2, 0.25) is 0 Å². The lowest BCUT2D eigenvalue weighted by molar-refractivity contribution is 0.0641. The van der Waals surface area contributed by atoms with Gasteiger partial charge < -0.3 is 0 Å². The van der Waals surface area contributed by atoms with Crippen LogP contribution in [0.25, 0.3) is 0 Å². The van der Waals surface area contributed by atoms with E-state index >= 15 is 0 Å². The number of nitrogens with zero attached hydrogens (tertiary/aromatic N) is 3. The molecule has 1 saturated carbocycles. The molecule has 0 atom stereocenters. The van der Waals surface area contributed by atoms with E-state index in [0.29, 0.717) is 0 Å². The Labute approximate surface area is 110 Å². The quantitative estimate of drug-likeness (QED) is 0.801. The second kappa shape index (κ2) is 5.04. The number of piperidine rings is 1. The van der Waals surface area contributed by atoms with Crippen molar-refractivity contribution in [3.05, 3.63) is 18.0 Å². The molecule has 0 radical (unpaired) electrons. The average molecular weight is 247 g/mol. The Morgan fingerprint density at radius 3 is 2.44 bits per heavy atom. The highest BCUT2D eigenvalue weighted by Crippen LogP contribution is 2.44. The zero-order valence-corrected chi connectivity index (χ0v) is 11.6. The van der Waals surface area contributed by atoms with Crippen LogP contribution < -0.4 is 0 Å². The fraction of sp³-hybridized carbons (Fsp3) is 0.800. The first-order valence-electron chi connectivity index (χ1n) is 7.46. The molecular formula is C15H25N3. The zero-order valence-electron chi connectivity index (χ0n) is 11.6. The smallest absolute Gasteiger partial charge is 0.0534 e. The van der Waals surface area contributed by atoms with Crippen LogP contribution in [0.4, 0.5) is 0 Å². The lowest BCUT2D eigenvalue weighted by atomic mass is 9.68. The van der Waals surface area contributed by atoms with Crippen molar-refractivity contribution >= 4 is 0 Å². The van der Waals surface area contributed by atoms with Crippen molar-refractivity contribution in [1.29, 1.82) is 0 Å². The molecule has 1 spiro atoms. The number of hydrogen-bond donors (Lipinski definition) is 0. The first kappa shape index (κ1) is 12.2. The van der Waals surface area contributed by atoms with E-state index in [4.69, 9.17) is 0 Å². The van der Waals surface area contributed by atoms with Crippen LogP contribution in [0.2, 0.25) is 0 Å². The molecule has 2 fully saturated rings. The van der Waals surface area contributed by atoms with Gasteiger partial charge in [0.05, 0.1) is 6.20 Å². The van der Waals surface area contributed by atoms with E-state index in [1.54, 1.807) is 0 Å². The van der Waals surface area contributed by atoms with E-state index in [-0.39, 0.29) is 0 Å². The summed E-state index contributed by atoms with van der Waals surface area (Å²) in [5.74, 6) is 0. The van der Waals surface area contributed by atoms with Gasteiger partial charge in [-0.2, -0.15) is 5.10 Å². The van der Waals surface area contributed by atoms with Crippen molar-refractivity contribution in [1.82, 2.24) is 14.7 Å². The van der Waals surface area contributed by atoms with E-state index in [1.165, 1.54) is 63.6 Å². The standard InChI is InChI=1S/C15H25N3/c1-17-12-14(11-16-17)13-18-9-7-15(8-10-18)5-3-2-4-6-15/h11-12H,2-10,13H2,1H3. The van der Waals surface area contributed by atoms with Gasteiger partial charge in [0, 0.05) is 25.4 Å². The largest absolute Gasteiger partial charge is 0.299 e. The molecule has 0 amide bonds. The molecule has 100 valence electrons. The van der Waals surface area contributed by atoms with E-state index in [0.717, 1.165) is 12.0 Å². The van der Waals surface area contributed by atoms with Crippen LogP contribution >= 0.6 is 0 Å². The van der Waals surface area contributed by atoms with Crippen LogP contribution in [0.15, 0.2) is 12.4 Å². The summed E-state index contributed by atoms with van der Waals surface area (Å²) in [4.78, 5) is 2.61. The van der Waals surface area contributed by atoms with Crippen molar-refractivity contribution in [2.24, 2.45) is 12.5 Å². The third-order valence-electron chi connectivity index (χ3n) is 5.00. The van der Waals surface area contributed by atoms with Crippen LogP contribution in [-0.4, -0.2) is 27.8 Å². The summed E-state index contributed by atoms with van der Waals surface area (Å²) in [5, 5.41) is 4.26. The van der Waals surface area contributed by atoms with Crippen LogP contribution in [0, 0.1) is 5.41 Å². The average Bonchev–Trinajstić information content (AvgIpc) is 2.79. The predicted octanol–water partition coefficient (Wildman–Crippen LogP) is 2.97. The molecule has 1 aliphatic carbocycles. The Morgan fingerprint density at radius 1 is 1.11 bits per heavy atom. The maximum Gasteiger partial charge on any atom is 0.0534 e. The van der Waals surface area contributed by atoms with E-state index in [9.17, 15) is 0 Å². The van der Waals surface area contributed by atoms with Gasteiger partial charge in [-0.15, -0.1) is 0 Å². The molecule has 3 rings (SSSR count). The maximum absolute atomic E-state index is 4.26. The third-order valence-corrected chi connectivity index (χ3v) is 5.00. The fourth-order valence-electron chi connectivity index (χ4n) is 3.80. The minimum absolute atomic E-state index is 0.726. The molecule has 0 aromatic carbocycles. The first-order chi connectivity index (χ1) is 8.76. The molecule has 3 heteroatoms. The SMILES string of the molecule is Cn1cc(CN2CCC3(CCCCC3)CC2)cn1. The summed E-state index contributed by atoms with van der Waals surface area (Å²) < 4.78 is 1.90. The number of likely N-dealkylation sites (tertiary alicyclic amines) is 1. The highest BCUT2D eigenvalue weighted by atomic mass is 15.2. The predicted molar refractivity (Wildman–Crippen MR) is 73.2 cm³/mol. The second-order valence-corrected chi connectivity index (χ2v) is 6.36. The monoisotopic (exact) mass is 247 g/mol. The molecule has 1 saturated heterocycles. The minimum Gasteiger partial charge on any atom is -0.299 e. The lowest BCUT2D eigenvalue weighted by Gasteiger charge is -2.44. The minimum atomic E-state index is 0.726. The molecule has 1 aromatic rings. The Balaban J connectivity index is 1.53. The van der Waals surface area contributed by atoms with Gasteiger partial charge in [0.25, 0.3) is 0 Å². The second-order valence-electron chi connectivity index (χ2n) is 6.36. The normalized spacial score (nSPS) is 24.5. The van der Waals surface area contributed by atoms with Crippen molar-refractivity contribution in [2.75, 3.05) is 13.1 Å². The lowest BCUT2D eigenvalue weighted by Crippen LogP contribution is -2.40. The third kappa shape index (κ3) is 2.61. The van der Waals surface area contributed by atoms with Gasteiger partial charge in [0.1, 0.15) is 0 Å². The number of rotatable bonds is 2. The Morgan fingerprint density at radius 2 is 1.83 bits per heavy atom. The van der Waals surface area contributed by atoms with Gasteiger partial charge in [-0.25, -0.2) is 0 Å². The summed E-state index contributed by atoms with van der Waals surface area (Å²) >= 11 is 0.